The maximum Gasteiger partial charge on any atom is 0.124 e. The molecule has 2 bridgehead atoms. The highest BCUT2D eigenvalue weighted by atomic mass is 16.5. The average molecular weight is 175 g/mol. The van der Waals surface area contributed by atoms with Crippen LogP contribution in [0.25, 0.3) is 0 Å². The molecule has 0 saturated carbocycles. The summed E-state index contributed by atoms with van der Waals surface area (Å²) in [5.41, 5.74) is 1.34. The van der Waals surface area contributed by atoms with E-state index in [9.17, 15) is 0 Å². The number of ether oxygens (including phenoxy) is 1. The van der Waals surface area contributed by atoms with Gasteiger partial charge in [0, 0.05) is 24.6 Å². The fraction of sp³-hybridized carbons (Fsp3) is 0.455. The van der Waals surface area contributed by atoms with Gasteiger partial charge in [-0.1, -0.05) is 18.2 Å². The van der Waals surface area contributed by atoms with Gasteiger partial charge in [-0.05, 0) is 13.0 Å². The lowest BCUT2D eigenvalue weighted by Gasteiger charge is -2.31. The van der Waals surface area contributed by atoms with E-state index in [1.165, 1.54) is 5.56 Å². The van der Waals surface area contributed by atoms with Crippen LogP contribution in [0.3, 0.4) is 0 Å². The molecule has 1 saturated heterocycles. The van der Waals surface area contributed by atoms with E-state index < -0.39 is 0 Å². The Morgan fingerprint density at radius 1 is 1.46 bits per heavy atom. The maximum atomic E-state index is 5.95. The number of nitrogens with one attached hydrogen (secondary N) is 1. The predicted octanol–water partition coefficient (Wildman–Crippen LogP) is 1.87. The van der Waals surface area contributed by atoms with Gasteiger partial charge in [-0.3, -0.25) is 0 Å². The van der Waals surface area contributed by atoms with Crippen molar-refractivity contribution in [3.8, 4) is 5.75 Å². The fourth-order valence-electron chi connectivity index (χ4n) is 2.34. The maximum absolute atomic E-state index is 5.95. The SMILES string of the molecule is CC12CNC(C1)c1ccccc1O2. The summed E-state index contributed by atoms with van der Waals surface area (Å²) in [7, 11) is 0. The zero-order valence-electron chi connectivity index (χ0n) is 7.71. The zero-order valence-corrected chi connectivity index (χ0v) is 7.71. The molecule has 13 heavy (non-hydrogen) atoms. The largest absolute Gasteiger partial charge is 0.486 e. The van der Waals surface area contributed by atoms with Crippen molar-refractivity contribution in [3.05, 3.63) is 29.8 Å². The van der Waals surface area contributed by atoms with Crippen LogP contribution in [0.15, 0.2) is 24.3 Å². The summed E-state index contributed by atoms with van der Waals surface area (Å²) in [6, 6.07) is 8.83. The molecule has 2 aliphatic heterocycles. The monoisotopic (exact) mass is 175 g/mol. The first-order chi connectivity index (χ1) is 6.27. The Bertz CT molecular complexity index is 350. The summed E-state index contributed by atoms with van der Waals surface area (Å²) in [6.07, 6.45) is 1.10. The van der Waals surface area contributed by atoms with Crippen molar-refractivity contribution >= 4 is 0 Å². The number of hydrogen-bond donors (Lipinski definition) is 1. The van der Waals surface area contributed by atoms with Gasteiger partial charge in [-0.25, -0.2) is 0 Å². The molecule has 2 atom stereocenters. The van der Waals surface area contributed by atoms with Gasteiger partial charge in [-0.2, -0.15) is 0 Å². The fourth-order valence-corrected chi connectivity index (χ4v) is 2.34. The molecular weight excluding hydrogens is 162 g/mol. The van der Waals surface area contributed by atoms with Gasteiger partial charge < -0.3 is 10.1 Å². The molecule has 1 fully saturated rings. The van der Waals surface area contributed by atoms with Crippen molar-refractivity contribution in [3.63, 3.8) is 0 Å². The Labute approximate surface area is 77.9 Å². The lowest BCUT2D eigenvalue weighted by Crippen LogP contribution is -2.35. The number of para-hydroxylation sites is 1. The Balaban J connectivity index is 2.13. The second-order valence-corrected chi connectivity index (χ2v) is 4.23. The number of rotatable bonds is 0. The molecule has 3 rings (SSSR count). The van der Waals surface area contributed by atoms with Gasteiger partial charge in [0.1, 0.15) is 11.4 Å². The van der Waals surface area contributed by atoms with Gasteiger partial charge >= 0.3 is 0 Å². The van der Waals surface area contributed by atoms with E-state index in [0.29, 0.717) is 6.04 Å². The quantitative estimate of drug-likeness (QED) is 0.650. The zero-order chi connectivity index (χ0) is 8.89. The molecule has 0 aliphatic carbocycles. The number of benzene rings is 1. The number of hydrogen-bond acceptors (Lipinski definition) is 2. The highest BCUT2D eigenvalue weighted by Crippen LogP contribution is 2.42. The smallest absolute Gasteiger partial charge is 0.124 e. The van der Waals surface area contributed by atoms with Crippen LogP contribution in [-0.4, -0.2) is 12.1 Å². The minimum absolute atomic E-state index is 0.0268. The number of fused-ring (bicyclic) bond motifs is 4. The van der Waals surface area contributed by atoms with E-state index in [4.69, 9.17) is 4.74 Å². The molecular formula is C11H13NO. The second-order valence-electron chi connectivity index (χ2n) is 4.23. The third-order valence-corrected chi connectivity index (χ3v) is 3.01. The first-order valence-corrected chi connectivity index (χ1v) is 4.78. The topological polar surface area (TPSA) is 21.3 Å². The lowest BCUT2D eigenvalue weighted by atomic mass is 9.94. The van der Waals surface area contributed by atoms with E-state index >= 15 is 0 Å². The van der Waals surface area contributed by atoms with Crippen LogP contribution < -0.4 is 10.1 Å². The van der Waals surface area contributed by atoms with Crippen molar-refractivity contribution in [1.29, 1.82) is 0 Å². The Kier molecular flexibility index (Phi) is 1.29. The van der Waals surface area contributed by atoms with Gasteiger partial charge in [0.15, 0.2) is 0 Å². The molecule has 0 radical (unpaired) electrons. The van der Waals surface area contributed by atoms with Gasteiger partial charge in [0.25, 0.3) is 0 Å². The van der Waals surface area contributed by atoms with E-state index in [-0.39, 0.29) is 5.60 Å². The Morgan fingerprint density at radius 2 is 2.31 bits per heavy atom. The second kappa shape index (κ2) is 2.26. The van der Waals surface area contributed by atoms with Crippen LogP contribution in [0.2, 0.25) is 0 Å². The van der Waals surface area contributed by atoms with Crippen LogP contribution in [-0.2, 0) is 0 Å². The highest BCUT2D eigenvalue weighted by molar-refractivity contribution is 5.40. The first kappa shape index (κ1) is 7.39. The molecule has 0 aromatic heterocycles. The molecule has 2 aliphatic rings. The first-order valence-electron chi connectivity index (χ1n) is 4.78. The van der Waals surface area contributed by atoms with E-state index in [1.54, 1.807) is 0 Å². The molecule has 1 aromatic rings. The van der Waals surface area contributed by atoms with Crippen molar-refractivity contribution < 1.29 is 4.74 Å². The third kappa shape index (κ3) is 0.985. The Hall–Kier alpha value is -1.02. The van der Waals surface area contributed by atoms with Crippen LogP contribution in [0.4, 0.5) is 0 Å². The molecule has 2 heteroatoms. The van der Waals surface area contributed by atoms with E-state index in [2.05, 4.69) is 30.4 Å². The molecule has 2 nitrogen and oxygen atoms in total. The van der Waals surface area contributed by atoms with Crippen molar-refractivity contribution in [2.24, 2.45) is 0 Å². The summed E-state index contributed by atoms with van der Waals surface area (Å²) in [5.74, 6) is 1.06. The van der Waals surface area contributed by atoms with Gasteiger partial charge in [0.05, 0.1) is 0 Å². The average Bonchev–Trinajstić information content (AvgIpc) is 2.43. The molecule has 1 aromatic carbocycles. The highest BCUT2D eigenvalue weighted by Gasteiger charge is 2.42. The molecule has 2 heterocycles. The Morgan fingerprint density at radius 3 is 3.23 bits per heavy atom. The van der Waals surface area contributed by atoms with Crippen LogP contribution >= 0.6 is 0 Å². The summed E-state index contributed by atoms with van der Waals surface area (Å²) in [4.78, 5) is 0. The summed E-state index contributed by atoms with van der Waals surface area (Å²) in [6.45, 7) is 3.14. The van der Waals surface area contributed by atoms with Crippen molar-refractivity contribution in [2.75, 3.05) is 6.54 Å². The summed E-state index contributed by atoms with van der Waals surface area (Å²) in [5, 5.41) is 3.49. The van der Waals surface area contributed by atoms with Crippen LogP contribution in [0.1, 0.15) is 24.9 Å². The molecule has 0 amide bonds. The minimum Gasteiger partial charge on any atom is -0.486 e. The van der Waals surface area contributed by atoms with Crippen LogP contribution in [0, 0.1) is 0 Å². The van der Waals surface area contributed by atoms with E-state index in [0.717, 1.165) is 18.7 Å². The van der Waals surface area contributed by atoms with Crippen LogP contribution in [0.5, 0.6) is 5.75 Å². The van der Waals surface area contributed by atoms with Crippen molar-refractivity contribution in [2.45, 2.75) is 25.0 Å². The molecule has 1 N–H and O–H groups in total. The lowest BCUT2D eigenvalue weighted by molar-refractivity contribution is 0.0963. The summed E-state index contributed by atoms with van der Waals surface area (Å²) < 4.78 is 5.95. The predicted molar refractivity (Wildman–Crippen MR) is 50.8 cm³/mol. The minimum atomic E-state index is 0.0268. The third-order valence-electron chi connectivity index (χ3n) is 3.01. The molecule has 0 spiro atoms. The van der Waals surface area contributed by atoms with Gasteiger partial charge in [0.2, 0.25) is 0 Å². The summed E-state index contributed by atoms with van der Waals surface area (Å²) >= 11 is 0. The van der Waals surface area contributed by atoms with Gasteiger partial charge in [-0.15, -0.1) is 0 Å². The molecule has 68 valence electrons. The normalized spacial score (nSPS) is 35.3. The standard InChI is InChI=1S/C11H13NO/c1-11-6-9(12-7-11)8-4-2-3-5-10(8)13-11/h2-5,9,12H,6-7H2,1H3. The van der Waals surface area contributed by atoms with Crippen molar-refractivity contribution in [1.82, 2.24) is 5.32 Å². The molecule has 2 unspecified atom stereocenters. The van der Waals surface area contributed by atoms with E-state index in [1.807, 2.05) is 6.07 Å².